The van der Waals surface area contributed by atoms with Crippen molar-refractivity contribution in [3.63, 3.8) is 0 Å². The molecule has 0 saturated carbocycles. The summed E-state index contributed by atoms with van der Waals surface area (Å²) in [4.78, 5) is 13.7. The van der Waals surface area contributed by atoms with Crippen LogP contribution in [0, 0.1) is 0 Å². The summed E-state index contributed by atoms with van der Waals surface area (Å²) in [6, 6.07) is 11.6. The van der Waals surface area contributed by atoms with Gasteiger partial charge in [0.2, 0.25) is 0 Å². The molecule has 0 spiro atoms. The van der Waals surface area contributed by atoms with Crippen LogP contribution < -0.4 is 24.5 Å². The molecule has 0 radical (unpaired) electrons. The average molecular weight is 394 g/mol. The van der Waals surface area contributed by atoms with Gasteiger partial charge in [-0.2, -0.15) is 0 Å². The lowest BCUT2D eigenvalue weighted by molar-refractivity contribution is -0.123. The molecule has 0 unspecified atom stereocenters. The minimum Gasteiger partial charge on any atom is -0.497 e. The van der Waals surface area contributed by atoms with Gasteiger partial charge in [-0.25, -0.2) is 8.42 Å². The van der Waals surface area contributed by atoms with Crippen molar-refractivity contribution in [2.24, 2.45) is 0 Å². The van der Waals surface area contributed by atoms with E-state index in [1.807, 2.05) is 23.9 Å². The molecule has 2 rings (SSSR count). The number of benzene rings is 2. The second-order valence-corrected chi connectivity index (χ2v) is 7.11. The first-order valence-electron chi connectivity index (χ1n) is 8.14. The Balaban J connectivity index is 1.97. The van der Waals surface area contributed by atoms with Crippen molar-refractivity contribution in [2.45, 2.75) is 18.2 Å². The van der Waals surface area contributed by atoms with Gasteiger partial charge in [0.1, 0.15) is 22.1 Å². The molecule has 0 aliphatic rings. The second kappa shape index (κ2) is 9.24. The fourth-order valence-corrected chi connectivity index (χ4v) is 3.23. The summed E-state index contributed by atoms with van der Waals surface area (Å²) >= 11 is 0. The fraction of sp³-hybridized carbons (Fsp3) is 0.278. The molecule has 2 N–H and O–H groups in total. The van der Waals surface area contributed by atoms with E-state index in [0.29, 0.717) is 11.5 Å². The quantitative estimate of drug-likeness (QED) is 0.627. The lowest BCUT2D eigenvalue weighted by Gasteiger charge is -2.13. The molecular weight excluding hydrogens is 372 g/mol. The van der Waals surface area contributed by atoms with Crippen molar-refractivity contribution in [3.05, 3.63) is 48.0 Å². The van der Waals surface area contributed by atoms with Crippen molar-refractivity contribution in [1.29, 1.82) is 0 Å². The minimum absolute atomic E-state index is 0.116. The molecule has 0 bridgehead atoms. The molecule has 8 nitrogen and oxygen atoms in total. The molecule has 146 valence electrons. The molecule has 0 heterocycles. The Morgan fingerprint density at radius 3 is 2.26 bits per heavy atom. The van der Waals surface area contributed by atoms with Crippen LogP contribution in [0.5, 0.6) is 17.2 Å². The van der Waals surface area contributed by atoms with E-state index < -0.39 is 15.9 Å². The molecule has 0 fully saturated rings. The van der Waals surface area contributed by atoms with Crippen molar-refractivity contribution in [1.82, 2.24) is 10.3 Å². The SMILES string of the molecule is CCc1ccc(OCC(=O)NNS(=O)(=O)c2cc(OC)ccc2OC)cc1. The Morgan fingerprint density at radius 2 is 1.67 bits per heavy atom. The number of ether oxygens (including phenoxy) is 3. The number of nitrogens with one attached hydrogen (secondary N) is 2. The zero-order valence-corrected chi connectivity index (χ0v) is 16.1. The van der Waals surface area contributed by atoms with Crippen LogP contribution in [0.15, 0.2) is 47.4 Å². The third kappa shape index (κ3) is 5.60. The van der Waals surface area contributed by atoms with E-state index in [4.69, 9.17) is 14.2 Å². The van der Waals surface area contributed by atoms with E-state index in [0.717, 1.165) is 12.0 Å². The third-order valence-corrected chi connectivity index (χ3v) is 4.96. The maximum atomic E-state index is 12.4. The third-order valence-electron chi connectivity index (χ3n) is 3.69. The summed E-state index contributed by atoms with van der Waals surface area (Å²) in [6.45, 7) is 1.69. The summed E-state index contributed by atoms with van der Waals surface area (Å²) in [5.41, 5.74) is 3.25. The van der Waals surface area contributed by atoms with E-state index in [-0.39, 0.29) is 17.3 Å². The monoisotopic (exact) mass is 394 g/mol. The zero-order chi connectivity index (χ0) is 19.9. The fourth-order valence-electron chi connectivity index (χ4n) is 2.18. The highest BCUT2D eigenvalue weighted by molar-refractivity contribution is 7.89. The van der Waals surface area contributed by atoms with Gasteiger partial charge in [-0.15, -0.1) is 4.83 Å². The van der Waals surface area contributed by atoms with Crippen molar-refractivity contribution in [2.75, 3.05) is 20.8 Å². The van der Waals surface area contributed by atoms with Crippen LogP contribution in [-0.2, 0) is 21.2 Å². The highest BCUT2D eigenvalue weighted by atomic mass is 32.2. The number of sulfonamides is 1. The maximum absolute atomic E-state index is 12.4. The van der Waals surface area contributed by atoms with E-state index in [1.54, 1.807) is 18.2 Å². The molecule has 0 aliphatic carbocycles. The minimum atomic E-state index is -4.07. The standard InChI is InChI=1S/C18H22N2O6S/c1-4-13-5-7-14(8-6-13)26-12-18(21)19-20-27(22,23)17-11-15(24-2)9-10-16(17)25-3/h5-11,20H,4,12H2,1-3H3,(H,19,21). The molecule has 9 heteroatoms. The van der Waals surface area contributed by atoms with Gasteiger partial charge in [0.15, 0.2) is 6.61 Å². The van der Waals surface area contributed by atoms with Crippen LogP contribution in [0.3, 0.4) is 0 Å². The van der Waals surface area contributed by atoms with E-state index in [2.05, 4.69) is 5.43 Å². The molecule has 0 aliphatic heterocycles. The molecule has 0 aromatic heterocycles. The van der Waals surface area contributed by atoms with E-state index in [1.165, 1.54) is 26.4 Å². The molecule has 0 saturated heterocycles. The molecule has 1 amide bonds. The predicted molar refractivity (Wildman–Crippen MR) is 99.3 cm³/mol. The number of carbonyl (C=O) groups is 1. The highest BCUT2D eigenvalue weighted by Gasteiger charge is 2.21. The van der Waals surface area contributed by atoms with Crippen LogP contribution in [0.25, 0.3) is 0 Å². The smallest absolute Gasteiger partial charge is 0.272 e. The largest absolute Gasteiger partial charge is 0.497 e. The number of hydrazine groups is 1. The Kier molecular flexibility index (Phi) is 7.03. The van der Waals surface area contributed by atoms with Gasteiger partial charge < -0.3 is 14.2 Å². The predicted octanol–water partition coefficient (Wildman–Crippen LogP) is 1.65. The van der Waals surface area contributed by atoms with Crippen molar-refractivity contribution in [3.8, 4) is 17.2 Å². The first kappa shape index (κ1) is 20.5. The number of methoxy groups -OCH3 is 2. The maximum Gasteiger partial charge on any atom is 0.272 e. The molecule has 2 aromatic carbocycles. The van der Waals surface area contributed by atoms with Gasteiger partial charge in [-0.3, -0.25) is 10.2 Å². The zero-order valence-electron chi connectivity index (χ0n) is 15.3. The number of rotatable bonds is 9. The van der Waals surface area contributed by atoms with Gasteiger partial charge in [-0.1, -0.05) is 19.1 Å². The summed E-state index contributed by atoms with van der Waals surface area (Å²) in [5, 5.41) is 0. The lowest BCUT2D eigenvalue weighted by atomic mass is 10.2. The normalized spacial score (nSPS) is 10.9. The molecule has 27 heavy (non-hydrogen) atoms. The van der Waals surface area contributed by atoms with Gasteiger partial charge in [0.25, 0.3) is 15.9 Å². The molecular formula is C18H22N2O6S. The van der Waals surface area contributed by atoms with Crippen molar-refractivity contribution >= 4 is 15.9 Å². The van der Waals surface area contributed by atoms with Crippen LogP contribution in [0.4, 0.5) is 0 Å². The van der Waals surface area contributed by atoms with Crippen molar-refractivity contribution < 1.29 is 27.4 Å². The van der Waals surface area contributed by atoms with Crippen LogP contribution in [0.2, 0.25) is 0 Å². The summed E-state index contributed by atoms with van der Waals surface area (Å²) < 4.78 is 40.3. The molecule has 0 atom stereocenters. The number of aryl methyl sites for hydroxylation is 1. The highest BCUT2D eigenvalue weighted by Crippen LogP contribution is 2.27. The second-order valence-electron chi connectivity index (χ2n) is 5.46. The average Bonchev–Trinajstić information content (AvgIpc) is 2.70. The number of carbonyl (C=O) groups excluding carboxylic acids is 1. The Morgan fingerprint density at radius 1 is 1.00 bits per heavy atom. The Hall–Kier alpha value is -2.78. The Labute approximate surface area is 158 Å². The van der Waals surface area contributed by atoms with Gasteiger partial charge in [0.05, 0.1) is 14.2 Å². The topological polar surface area (TPSA) is 103 Å². The van der Waals surface area contributed by atoms with Gasteiger partial charge >= 0.3 is 0 Å². The van der Waals surface area contributed by atoms with E-state index >= 15 is 0 Å². The summed E-state index contributed by atoms with van der Waals surface area (Å²) in [5.74, 6) is 0.311. The lowest BCUT2D eigenvalue weighted by Crippen LogP contribution is -2.43. The summed E-state index contributed by atoms with van der Waals surface area (Å²) in [7, 11) is -1.31. The van der Waals surface area contributed by atoms with E-state index in [9.17, 15) is 13.2 Å². The van der Waals surface area contributed by atoms with Crippen LogP contribution >= 0.6 is 0 Å². The number of amides is 1. The first-order chi connectivity index (χ1) is 12.9. The van der Waals surface area contributed by atoms with Crippen LogP contribution in [-0.4, -0.2) is 35.2 Å². The van der Waals surface area contributed by atoms with Gasteiger partial charge in [0, 0.05) is 6.07 Å². The number of hydrogen-bond donors (Lipinski definition) is 2. The van der Waals surface area contributed by atoms with Gasteiger partial charge in [-0.05, 0) is 36.2 Å². The Bertz CT molecular complexity index is 881. The summed E-state index contributed by atoms with van der Waals surface area (Å²) in [6.07, 6.45) is 0.899. The first-order valence-corrected chi connectivity index (χ1v) is 9.62. The van der Waals surface area contributed by atoms with Crippen LogP contribution in [0.1, 0.15) is 12.5 Å². The number of hydrogen-bond acceptors (Lipinski definition) is 6. The molecule has 2 aromatic rings.